The maximum absolute atomic E-state index is 13.6. The van der Waals surface area contributed by atoms with Crippen LogP contribution in [-0.4, -0.2) is 40.8 Å². The number of nitrogens with one attached hydrogen (secondary N) is 1. The molecule has 0 fully saturated rings. The van der Waals surface area contributed by atoms with Gasteiger partial charge in [0.05, 0.1) is 0 Å². The molecule has 0 aliphatic heterocycles. The molecule has 2 aromatic carbocycles. The molecule has 0 unspecified atom stereocenters. The van der Waals surface area contributed by atoms with Crippen molar-refractivity contribution in [3.8, 4) is 5.75 Å². The van der Waals surface area contributed by atoms with Crippen molar-refractivity contribution in [2.45, 2.75) is 45.6 Å². The molecule has 0 aliphatic carbocycles. The summed E-state index contributed by atoms with van der Waals surface area (Å²) in [6.07, 6.45) is 0.901. The second kappa shape index (κ2) is 12.6. The van der Waals surface area contributed by atoms with E-state index in [2.05, 4.69) is 5.32 Å². The molecule has 0 aromatic heterocycles. The molecule has 3 N–H and O–H groups in total. The van der Waals surface area contributed by atoms with Crippen molar-refractivity contribution < 1.29 is 28.9 Å². The molecule has 7 heteroatoms. The molecule has 0 atom stereocenters. The van der Waals surface area contributed by atoms with Crippen LogP contribution in [0.1, 0.15) is 38.3 Å². The van der Waals surface area contributed by atoms with Crippen LogP contribution in [0.5, 0.6) is 5.75 Å². The molecule has 0 aliphatic rings. The van der Waals surface area contributed by atoms with Crippen LogP contribution in [-0.2, 0) is 22.4 Å². The number of benzene rings is 2. The van der Waals surface area contributed by atoms with Crippen molar-refractivity contribution in [1.29, 1.82) is 0 Å². The van der Waals surface area contributed by atoms with Crippen molar-refractivity contribution in [3.63, 3.8) is 0 Å². The SMILES string of the molecule is CC(C)(Oc1ccc(CCC(=O)O)cc1)C(=O)NCCc1ccccc1F.CCO. The van der Waals surface area contributed by atoms with Gasteiger partial charge >= 0.3 is 5.97 Å². The zero-order valence-corrected chi connectivity index (χ0v) is 17.7. The van der Waals surface area contributed by atoms with Crippen LogP contribution in [0.4, 0.5) is 4.39 Å². The summed E-state index contributed by atoms with van der Waals surface area (Å²) >= 11 is 0. The summed E-state index contributed by atoms with van der Waals surface area (Å²) < 4.78 is 19.4. The number of carbonyl (C=O) groups is 2. The minimum Gasteiger partial charge on any atom is -0.481 e. The summed E-state index contributed by atoms with van der Waals surface area (Å²) in [6.45, 7) is 5.55. The van der Waals surface area contributed by atoms with E-state index in [-0.39, 0.29) is 24.8 Å². The van der Waals surface area contributed by atoms with Gasteiger partial charge in [0.25, 0.3) is 5.91 Å². The molecule has 6 nitrogen and oxygen atoms in total. The number of aliphatic carboxylic acids is 1. The van der Waals surface area contributed by atoms with Gasteiger partial charge in [0.2, 0.25) is 0 Å². The van der Waals surface area contributed by atoms with E-state index in [1.54, 1.807) is 63.2 Å². The standard InChI is InChI=1S/C21H24FNO4.C2H6O/c1-21(2,20(26)23-14-13-16-5-3-4-6-18(16)22)27-17-10-7-15(8-11-17)9-12-19(24)25;1-2-3/h3-8,10-11H,9,12-14H2,1-2H3,(H,23,26)(H,24,25);3H,2H2,1H3. The molecular weight excluding hydrogens is 389 g/mol. The van der Waals surface area contributed by atoms with Gasteiger partial charge in [-0.05, 0) is 62.9 Å². The van der Waals surface area contributed by atoms with Crippen molar-refractivity contribution >= 4 is 11.9 Å². The van der Waals surface area contributed by atoms with Crippen LogP contribution < -0.4 is 10.1 Å². The normalized spacial score (nSPS) is 10.6. The third kappa shape index (κ3) is 9.05. The number of rotatable bonds is 9. The molecule has 1 amide bonds. The van der Waals surface area contributed by atoms with Gasteiger partial charge in [-0.2, -0.15) is 0 Å². The summed E-state index contributed by atoms with van der Waals surface area (Å²) in [4.78, 5) is 23.0. The maximum Gasteiger partial charge on any atom is 0.303 e. The Bertz CT molecular complexity index is 805. The first-order valence-electron chi connectivity index (χ1n) is 9.82. The fraction of sp³-hybridized carbons (Fsp3) is 0.391. The average molecular weight is 419 g/mol. The van der Waals surface area contributed by atoms with Crippen LogP contribution in [0.2, 0.25) is 0 Å². The van der Waals surface area contributed by atoms with Crippen molar-refractivity contribution in [3.05, 3.63) is 65.5 Å². The first-order valence-corrected chi connectivity index (χ1v) is 9.82. The number of halogens is 1. The highest BCUT2D eigenvalue weighted by atomic mass is 19.1. The summed E-state index contributed by atoms with van der Waals surface area (Å²) in [7, 11) is 0. The highest BCUT2D eigenvalue weighted by Gasteiger charge is 2.29. The predicted molar refractivity (Wildman–Crippen MR) is 113 cm³/mol. The van der Waals surface area contributed by atoms with E-state index in [9.17, 15) is 14.0 Å². The highest BCUT2D eigenvalue weighted by Crippen LogP contribution is 2.20. The number of carboxylic acids is 1. The fourth-order valence-electron chi connectivity index (χ4n) is 2.54. The zero-order chi connectivity index (χ0) is 22.6. The quantitative estimate of drug-likeness (QED) is 0.579. The summed E-state index contributed by atoms with van der Waals surface area (Å²) in [5, 5.41) is 19.0. The lowest BCUT2D eigenvalue weighted by Gasteiger charge is -2.25. The number of aliphatic hydroxyl groups excluding tert-OH is 1. The van der Waals surface area contributed by atoms with E-state index in [1.165, 1.54) is 6.07 Å². The third-order valence-electron chi connectivity index (χ3n) is 4.11. The Balaban J connectivity index is 0.00000141. The zero-order valence-electron chi connectivity index (χ0n) is 17.7. The largest absolute Gasteiger partial charge is 0.481 e. The van der Waals surface area contributed by atoms with E-state index in [4.69, 9.17) is 14.9 Å². The van der Waals surface area contributed by atoms with Crippen molar-refractivity contribution in [2.24, 2.45) is 0 Å². The number of carbonyl (C=O) groups excluding carboxylic acids is 1. The van der Waals surface area contributed by atoms with Gasteiger partial charge in [-0.15, -0.1) is 0 Å². The topological polar surface area (TPSA) is 95.9 Å². The number of aryl methyl sites for hydroxylation is 1. The molecule has 0 heterocycles. The van der Waals surface area contributed by atoms with Gasteiger partial charge in [0.15, 0.2) is 5.60 Å². The number of ether oxygens (including phenoxy) is 1. The number of aliphatic hydroxyl groups is 1. The van der Waals surface area contributed by atoms with Crippen LogP contribution in [0.25, 0.3) is 0 Å². The summed E-state index contributed by atoms with van der Waals surface area (Å²) in [5.41, 5.74) is 0.336. The van der Waals surface area contributed by atoms with Crippen molar-refractivity contribution in [1.82, 2.24) is 5.32 Å². The summed E-state index contributed by atoms with van der Waals surface area (Å²) in [6, 6.07) is 13.5. The third-order valence-corrected chi connectivity index (χ3v) is 4.11. The summed E-state index contributed by atoms with van der Waals surface area (Å²) in [5.74, 6) is -0.911. The van der Waals surface area contributed by atoms with Gasteiger partial charge in [0.1, 0.15) is 11.6 Å². The maximum atomic E-state index is 13.6. The van der Waals surface area contributed by atoms with Crippen LogP contribution in [0.3, 0.4) is 0 Å². The number of amides is 1. The van der Waals surface area contributed by atoms with Gasteiger partial charge in [0, 0.05) is 19.6 Å². The molecule has 2 aromatic rings. The Morgan fingerprint density at radius 3 is 2.23 bits per heavy atom. The van der Waals surface area contributed by atoms with Crippen LogP contribution in [0, 0.1) is 5.82 Å². The highest BCUT2D eigenvalue weighted by molar-refractivity contribution is 5.84. The number of carboxylic acid groups (broad SMARTS) is 1. The van der Waals surface area contributed by atoms with Crippen LogP contribution >= 0.6 is 0 Å². The fourth-order valence-corrected chi connectivity index (χ4v) is 2.54. The lowest BCUT2D eigenvalue weighted by molar-refractivity contribution is -0.137. The molecule has 30 heavy (non-hydrogen) atoms. The van der Waals surface area contributed by atoms with Gasteiger partial charge in [-0.3, -0.25) is 9.59 Å². The molecule has 0 saturated heterocycles. The first kappa shape index (κ1) is 25.1. The van der Waals surface area contributed by atoms with E-state index in [1.807, 2.05) is 0 Å². The van der Waals surface area contributed by atoms with Gasteiger partial charge < -0.3 is 20.3 Å². The molecule has 0 spiro atoms. The number of hydrogen-bond acceptors (Lipinski definition) is 4. The van der Waals surface area contributed by atoms with E-state index >= 15 is 0 Å². The Morgan fingerprint density at radius 2 is 1.67 bits per heavy atom. The van der Waals surface area contributed by atoms with E-state index in [0.29, 0.717) is 30.7 Å². The Hall–Kier alpha value is -2.93. The van der Waals surface area contributed by atoms with E-state index < -0.39 is 11.6 Å². The molecule has 0 bridgehead atoms. The first-order chi connectivity index (χ1) is 14.2. The Morgan fingerprint density at radius 1 is 1.07 bits per heavy atom. The lowest BCUT2D eigenvalue weighted by Crippen LogP contribution is -2.47. The lowest BCUT2D eigenvalue weighted by atomic mass is 10.1. The second-order valence-corrected chi connectivity index (χ2v) is 7.06. The molecular formula is C23H30FNO5. The van der Waals surface area contributed by atoms with Gasteiger partial charge in [-0.1, -0.05) is 30.3 Å². The van der Waals surface area contributed by atoms with E-state index in [0.717, 1.165) is 5.56 Å². The minimum atomic E-state index is -1.10. The monoisotopic (exact) mass is 419 g/mol. The van der Waals surface area contributed by atoms with Crippen molar-refractivity contribution in [2.75, 3.05) is 13.2 Å². The predicted octanol–water partition coefficient (Wildman–Crippen LogP) is 3.36. The Kier molecular flexibility index (Phi) is 10.5. The Labute approximate surface area is 176 Å². The molecule has 0 saturated carbocycles. The average Bonchev–Trinajstić information content (AvgIpc) is 2.69. The number of hydrogen-bond donors (Lipinski definition) is 3. The molecule has 0 radical (unpaired) electrons. The van der Waals surface area contributed by atoms with Crippen LogP contribution in [0.15, 0.2) is 48.5 Å². The second-order valence-electron chi connectivity index (χ2n) is 7.06. The van der Waals surface area contributed by atoms with Gasteiger partial charge in [-0.25, -0.2) is 4.39 Å². The smallest absolute Gasteiger partial charge is 0.303 e. The molecule has 164 valence electrons. The minimum absolute atomic E-state index is 0.0656. The molecule has 2 rings (SSSR count).